The lowest BCUT2D eigenvalue weighted by molar-refractivity contribution is 0.613. The number of halogens is 1. The van der Waals surface area contributed by atoms with E-state index in [-0.39, 0.29) is 29.0 Å². The van der Waals surface area contributed by atoms with Crippen molar-refractivity contribution in [1.29, 1.82) is 5.41 Å². The van der Waals surface area contributed by atoms with Crippen LogP contribution in [0.25, 0.3) is 0 Å². The van der Waals surface area contributed by atoms with Gasteiger partial charge in [0.05, 0.1) is 11.3 Å². The third-order valence-corrected chi connectivity index (χ3v) is 4.15. The maximum atomic E-state index is 14.9. The van der Waals surface area contributed by atoms with Crippen molar-refractivity contribution < 1.29 is 4.39 Å². The quantitative estimate of drug-likeness (QED) is 0.750. The molecule has 1 aromatic carbocycles. The molecule has 0 radical (unpaired) electrons. The highest BCUT2D eigenvalue weighted by Crippen LogP contribution is 2.32. The lowest BCUT2D eigenvalue weighted by Crippen LogP contribution is -2.18. The van der Waals surface area contributed by atoms with Crippen LogP contribution >= 0.6 is 0 Å². The number of fused-ring (bicyclic) bond motifs is 1. The summed E-state index contributed by atoms with van der Waals surface area (Å²) in [7, 11) is 1.93. The maximum Gasteiger partial charge on any atom is 0.141 e. The summed E-state index contributed by atoms with van der Waals surface area (Å²) in [6.45, 7) is 4.69. The van der Waals surface area contributed by atoms with Crippen molar-refractivity contribution in [3.8, 4) is 0 Å². The number of anilines is 3. The van der Waals surface area contributed by atoms with E-state index >= 15 is 0 Å². The van der Waals surface area contributed by atoms with Gasteiger partial charge in [0.2, 0.25) is 0 Å². The SMILES string of the molecule is CC(C)Nc1ncnc(N)c1C(=N)c1ccc2c(c1F)CCN2C. The van der Waals surface area contributed by atoms with Crippen molar-refractivity contribution in [1.82, 2.24) is 9.97 Å². The summed E-state index contributed by atoms with van der Waals surface area (Å²) >= 11 is 0. The lowest BCUT2D eigenvalue weighted by Gasteiger charge is -2.17. The van der Waals surface area contributed by atoms with Crippen LogP contribution in [0.3, 0.4) is 0 Å². The molecule has 0 saturated heterocycles. The molecule has 1 aliphatic rings. The summed E-state index contributed by atoms with van der Waals surface area (Å²) in [5.74, 6) is 0.246. The number of nitrogen functional groups attached to an aromatic ring is 1. The van der Waals surface area contributed by atoms with E-state index in [1.54, 1.807) is 6.07 Å². The highest BCUT2D eigenvalue weighted by atomic mass is 19.1. The molecule has 4 N–H and O–H groups in total. The normalized spacial score (nSPS) is 13.3. The Hall–Kier alpha value is -2.70. The fraction of sp³-hybridized carbons (Fsp3) is 0.353. The van der Waals surface area contributed by atoms with Crippen LogP contribution < -0.4 is 16.0 Å². The summed E-state index contributed by atoms with van der Waals surface area (Å²) in [5.41, 5.74) is 8.02. The molecule has 1 aromatic heterocycles. The Morgan fingerprint density at radius 3 is 2.83 bits per heavy atom. The van der Waals surface area contributed by atoms with E-state index in [1.165, 1.54) is 6.33 Å². The minimum Gasteiger partial charge on any atom is -0.383 e. The zero-order chi connectivity index (χ0) is 17.4. The molecule has 1 aliphatic heterocycles. The van der Waals surface area contributed by atoms with Crippen LogP contribution in [0.1, 0.15) is 30.5 Å². The average molecular weight is 328 g/mol. The monoisotopic (exact) mass is 328 g/mol. The van der Waals surface area contributed by atoms with Crippen LogP contribution in [-0.2, 0) is 6.42 Å². The average Bonchev–Trinajstić information content (AvgIpc) is 2.89. The molecular formula is C17H21FN6. The zero-order valence-corrected chi connectivity index (χ0v) is 14.0. The highest BCUT2D eigenvalue weighted by Gasteiger charge is 2.25. The van der Waals surface area contributed by atoms with E-state index in [0.717, 1.165) is 12.2 Å². The van der Waals surface area contributed by atoms with Crippen LogP contribution in [0.4, 0.5) is 21.7 Å². The number of hydrogen-bond acceptors (Lipinski definition) is 6. The number of nitrogens with one attached hydrogen (secondary N) is 2. The third-order valence-electron chi connectivity index (χ3n) is 4.15. The molecule has 0 unspecified atom stereocenters. The van der Waals surface area contributed by atoms with Crippen molar-refractivity contribution in [3.63, 3.8) is 0 Å². The van der Waals surface area contributed by atoms with Gasteiger partial charge in [-0.15, -0.1) is 0 Å². The van der Waals surface area contributed by atoms with Crippen LogP contribution in [0, 0.1) is 11.2 Å². The number of benzene rings is 1. The number of hydrogen-bond donors (Lipinski definition) is 3. The molecule has 2 heterocycles. The Labute approximate surface area is 140 Å². The molecule has 0 amide bonds. The van der Waals surface area contributed by atoms with Gasteiger partial charge in [-0.1, -0.05) is 0 Å². The maximum absolute atomic E-state index is 14.9. The molecule has 0 atom stereocenters. The molecule has 6 nitrogen and oxygen atoms in total. The van der Waals surface area contributed by atoms with Gasteiger partial charge in [-0.05, 0) is 32.4 Å². The minimum atomic E-state index is -0.361. The molecule has 0 fully saturated rings. The third kappa shape index (κ3) is 2.66. The smallest absolute Gasteiger partial charge is 0.141 e. The van der Waals surface area contributed by atoms with Gasteiger partial charge in [0.1, 0.15) is 23.8 Å². The first-order chi connectivity index (χ1) is 11.4. The number of rotatable bonds is 4. The molecule has 3 rings (SSSR count). The van der Waals surface area contributed by atoms with E-state index in [4.69, 9.17) is 11.1 Å². The Kier molecular flexibility index (Phi) is 4.09. The fourth-order valence-corrected chi connectivity index (χ4v) is 2.96. The molecule has 7 heteroatoms. The van der Waals surface area contributed by atoms with E-state index < -0.39 is 0 Å². The van der Waals surface area contributed by atoms with E-state index in [0.29, 0.717) is 23.4 Å². The second kappa shape index (κ2) is 6.07. The molecule has 0 spiro atoms. The van der Waals surface area contributed by atoms with Gasteiger partial charge in [0, 0.05) is 36.4 Å². The van der Waals surface area contributed by atoms with E-state index in [9.17, 15) is 4.39 Å². The topological polar surface area (TPSA) is 90.9 Å². The summed E-state index contributed by atoms with van der Waals surface area (Å²) in [4.78, 5) is 10.1. The lowest BCUT2D eigenvalue weighted by atomic mass is 9.98. The van der Waals surface area contributed by atoms with Gasteiger partial charge in [-0.3, -0.25) is 5.41 Å². The van der Waals surface area contributed by atoms with Crippen LogP contribution in [0.15, 0.2) is 18.5 Å². The van der Waals surface area contributed by atoms with Crippen molar-refractivity contribution in [3.05, 3.63) is 41.0 Å². The number of nitrogens with two attached hydrogens (primary N) is 1. The van der Waals surface area contributed by atoms with Crippen LogP contribution in [0.5, 0.6) is 0 Å². The first-order valence-electron chi connectivity index (χ1n) is 7.89. The summed E-state index contributed by atoms with van der Waals surface area (Å²) in [6.07, 6.45) is 1.97. The van der Waals surface area contributed by atoms with Crippen molar-refractivity contribution in [2.45, 2.75) is 26.3 Å². The number of likely N-dealkylation sites (N-methyl/N-ethyl adjacent to an activating group) is 1. The van der Waals surface area contributed by atoms with Crippen LogP contribution in [0.2, 0.25) is 0 Å². The number of aromatic nitrogens is 2. The Morgan fingerprint density at radius 1 is 1.38 bits per heavy atom. The molecule has 0 saturated carbocycles. The molecule has 0 aliphatic carbocycles. The van der Waals surface area contributed by atoms with Gasteiger partial charge >= 0.3 is 0 Å². The zero-order valence-electron chi connectivity index (χ0n) is 14.0. The highest BCUT2D eigenvalue weighted by molar-refractivity contribution is 6.16. The van der Waals surface area contributed by atoms with E-state index in [2.05, 4.69) is 15.3 Å². The molecular weight excluding hydrogens is 307 g/mol. The Morgan fingerprint density at radius 2 is 2.12 bits per heavy atom. The minimum absolute atomic E-state index is 0.00824. The predicted octanol–water partition coefficient (Wildman–Crippen LogP) is 2.43. The van der Waals surface area contributed by atoms with Crippen molar-refractivity contribution >= 4 is 23.0 Å². The van der Waals surface area contributed by atoms with Gasteiger partial charge in [0.15, 0.2) is 0 Å². The van der Waals surface area contributed by atoms with Gasteiger partial charge < -0.3 is 16.0 Å². The van der Waals surface area contributed by atoms with Crippen molar-refractivity contribution in [2.75, 3.05) is 29.5 Å². The number of nitrogens with zero attached hydrogens (tertiary/aromatic N) is 3. The Balaban J connectivity index is 2.08. The van der Waals surface area contributed by atoms with Crippen LogP contribution in [-0.4, -0.2) is 35.3 Å². The molecule has 0 bridgehead atoms. The molecule has 126 valence electrons. The van der Waals surface area contributed by atoms with Crippen molar-refractivity contribution in [2.24, 2.45) is 0 Å². The summed E-state index contributed by atoms with van der Waals surface area (Å²) < 4.78 is 14.9. The van der Waals surface area contributed by atoms with Gasteiger partial charge in [-0.25, -0.2) is 14.4 Å². The second-order valence-electron chi connectivity index (χ2n) is 6.25. The van der Waals surface area contributed by atoms with Gasteiger partial charge in [0.25, 0.3) is 0 Å². The van der Waals surface area contributed by atoms with Gasteiger partial charge in [-0.2, -0.15) is 0 Å². The largest absolute Gasteiger partial charge is 0.383 e. The summed E-state index contributed by atoms with van der Waals surface area (Å²) in [6, 6.07) is 3.58. The predicted molar refractivity (Wildman–Crippen MR) is 94.5 cm³/mol. The Bertz CT molecular complexity index is 802. The standard InChI is InChI=1S/C17H21FN6/c1-9(2)23-17-13(16(20)21-8-22-17)15(19)11-4-5-12-10(14(11)18)6-7-24(12)3/h4-5,8-9,19H,6-7H2,1-3H3,(H3,20,21,22,23). The molecule has 2 aromatic rings. The first-order valence-corrected chi connectivity index (χ1v) is 7.89. The fourth-order valence-electron chi connectivity index (χ4n) is 2.96. The van der Waals surface area contributed by atoms with E-state index in [1.807, 2.05) is 31.9 Å². The molecule has 24 heavy (non-hydrogen) atoms. The first kappa shape index (κ1) is 16.2. The summed E-state index contributed by atoms with van der Waals surface area (Å²) in [5, 5.41) is 11.6. The second-order valence-corrected chi connectivity index (χ2v) is 6.25.